The number of methoxy groups -OCH3 is 1. The van der Waals surface area contributed by atoms with Crippen LogP contribution in [0.2, 0.25) is 0 Å². The molecule has 220 valence electrons. The molecule has 4 N–H and O–H groups in total. The number of aromatic amines is 1. The average Bonchev–Trinajstić information content (AvgIpc) is 3.58. The van der Waals surface area contributed by atoms with E-state index < -0.39 is 11.7 Å². The van der Waals surface area contributed by atoms with Gasteiger partial charge in [-0.05, 0) is 62.3 Å². The van der Waals surface area contributed by atoms with E-state index in [1.807, 2.05) is 45.0 Å². The van der Waals surface area contributed by atoms with Crippen molar-refractivity contribution in [1.82, 2.24) is 25.2 Å². The summed E-state index contributed by atoms with van der Waals surface area (Å²) < 4.78 is 20.6. The Labute approximate surface area is 243 Å². The molecule has 0 spiro atoms. The van der Waals surface area contributed by atoms with Crippen molar-refractivity contribution >= 4 is 51.7 Å². The van der Waals surface area contributed by atoms with Crippen LogP contribution in [0.4, 0.5) is 33.2 Å². The number of nitrogens with one attached hydrogen (secondary N) is 4. The molecule has 1 aliphatic rings. The molecule has 5 rings (SSSR count). The Kier molecular flexibility index (Phi) is 8.25. The molecule has 0 aliphatic carbocycles. The summed E-state index contributed by atoms with van der Waals surface area (Å²) in [7, 11) is 5.30. The third-order valence-corrected chi connectivity index (χ3v) is 6.88. The maximum Gasteiger partial charge on any atom is 0.256 e. The van der Waals surface area contributed by atoms with Crippen molar-refractivity contribution in [3.05, 3.63) is 59.5 Å². The highest BCUT2D eigenvalue weighted by molar-refractivity contribution is 6.02. The second-order valence-electron chi connectivity index (χ2n) is 10.9. The monoisotopic (exact) mass is 574 g/mol. The predicted molar refractivity (Wildman–Crippen MR) is 162 cm³/mol. The van der Waals surface area contributed by atoms with E-state index in [1.54, 1.807) is 30.3 Å². The Hall–Kier alpha value is -4.71. The number of nitrogens with zero attached hydrogens (tertiary/aromatic N) is 4. The molecule has 2 amide bonds. The SMILES string of the molecule is COc1cc2c(cc1Nc1nc(Nc3cccc(F)c3C(=O)NCC(C)C)c3cc[nH]c3n1)N(C(=O)CN(C)C)CC2. The Balaban J connectivity index is 1.49. The summed E-state index contributed by atoms with van der Waals surface area (Å²) in [4.78, 5) is 41.8. The number of carbonyl (C=O) groups is 2. The quantitative estimate of drug-likeness (QED) is 0.219. The van der Waals surface area contributed by atoms with E-state index in [-0.39, 0.29) is 29.0 Å². The van der Waals surface area contributed by atoms with Crippen LogP contribution < -0.4 is 25.6 Å². The van der Waals surface area contributed by atoms with Crippen LogP contribution in [0.15, 0.2) is 42.6 Å². The van der Waals surface area contributed by atoms with E-state index in [0.29, 0.717) is 47.9 Å². The van der Waals surface area contributed by atoms with Crippen LogP contribution in [0.3, 0.4) is 0 Å². The van der Waals surface area contributed by atoms with Gasteiger partial charge >= 0.3 is 0 Å². The smallest absolute Gasteiger partial charge is 0.256 e. The zero-order valence-electron chi connectivity index (χ0n) is 24.3. The molecule has 0 saturated carbocycles. The van der Waals surface area contributed by atoms with Crippen LogP contribution >= 0.6 is 0 Å². The van der Waals surface area contributed by atoms with Crippen molar-refractivity contribution in [2.24, 2.45) is 5.92 Å². The van der Waals surface area contributed by atoms with Crippen LogP contribution in [0, 0.1) is 11.7 Å². The maximum atomic E-state index is 14.9. The van der Waals surface area contributed by atoms with E-state index in [1.165, 1.54) is 12.1 Å². The predicted octanol–water partition coefficient (Wildman–Crippen LogP) is 4.43. The van der Waals surface area contributed by atoms with Crippen molar-refractivity contribution in [3.8, 4) is 5.75 Å². The van der Waals surface area contributed by atoms with Crippen molar-refractivity contribution in [1.29, 1.82) is 0 Å². The topological polar surface area (TPSA) is 128 Å². The van der Waals surface area contributed by atoms with Gasteiger partial charge in [-0.3, -0.25) is 9.59 Å². The highest BCUT2D eigenvalue weighted by Crippen LogP contribution is 2.39. The molecule has 4 aromatic rings. The van der Waals surface area contributed by atoms with Crippen LogP contribution in [-0.2, 0) is 11.2 Å². The number of benzene rings is 2. The molecule has 12 heteroatoms. The molecule has 1 aliphatic heterocycles. The normalized spacial score (nSPS) is 12.6. The van der Waals surface area contributed by atoms with Gasteiger partial charge < -0.3 is 35.5 Å². The maximum absolute atomic E-state index is 14.9. The lowest BCUT2D eigenvalue weighted by Crippen LogP contribution is -2.36. The molecular formula is C30H35FN8O3. The molecule has 0 bridgehead atoms. The Morgan fingerprint density at radius 1 is 1.14 bits per heavy atom. The van der Waals surface area contributed by atoms with Gasteiger partial charge in [0.05, 0.1) is 36.0 Å². The lowest BCUT2D eigenvalue weighted by molar-refractivity contribution is -0.119. The van der Waals surface area contributed by atoms with Gasteiger partial charge in [0.25, 0.3) is 5.91 Å². The molecule has 0 saturated heterocycles. The molecule has 42 heavy (non-hydrogen) atoms. The van der Waals surface area contributed by atoms with Crippen LogP contribution in [-0.4, -0.2) is 72.5 Å². The van der Waals surface area contributed by atoms with E-state index in [9.17, 15) is 14.0 Å². The minimum absolute atomic E-state index is 0.00809. The fourth-order valence-corrected chi connectivity index (χ4v) is 4.88. The number of ether oxygens (including phenoxy) is 1. The zero-order valence-corrected chi connectivity index (χ0v) is 24.3. The summed E-state index contributed by atoms with van der Waals surface area (Å²) >= 11 is 0. The van der Waals surface area contributed by atoms with Crippen LogP contribution in [0.5, 0.6) is 5.75 Å². The molecule has 0 unspecified atom stereocenters. The standard InChI is InChI=1S/C30H35FN8O3/c1-17(2)15-33-29(41)26-20(31)7-6-8-21(26)34-28-19-9-11-32-27(19)36-30(37-28)35-22-14-23-18(13-24(22)42-5)10-12-39(23)25(40)16-38(3)4/h6-9,11,13-14,17H,10,12,15-16H2,1-5H3,(H,33,41)(H3,32,34,35,36,37). The Bertz CT molecular complexity index is 1630. The molecule has 11 nitrogen and oxygen atoms in total. The van der Waals surface area contributed by atoms with E-state index in [4.69, 9.17) is 4.74 Å². The van der Waals surface area contributed by atoms with Crippen LogP contribution in [0.25, 0.3) is 11.0 Å². The number of carbonyl (C=O) groups excluding carboxylic acids is 2. The first-order chi connectivity index (χ1) is 20.1. The van der Waals surface area contributed by atoms with Crippen LogP contribution in [0.1, 0.15) is 29.8 Å². The lowest BCUT2D eigenvalue weighted by Gasteiger charge is -2.21. The molecule has 3 heterocycles. The van der Waals surface area contributed by atoms with Crippen molar-refractivity contribution in [3.63, 3.8) is 0 Å². The van der Waals surface area contributed by atoms with E-state index >= 15 is 0 Å². The Morgan fingerprint density at radius 2 is 1.95 bits per heavy atom. The number of hydrogen-bond acceptors (Lipinski definition) is 8. The van der Waals surface area contributed by atoms with Gasteiger partial charge in [-0.15, -0.1) is 0 Å². The number of fused-ring (bicyclic) bond motifs is 2. The van der Waals surface area contributed by atoms with Gasteiger partial charge in [0.1, 0.15) is 23.0 Å². The number of rotatable bonds is 10. The summed E-state index contributed by atoms with van der Waals surface area (Å²) in [5.74, 6) is 0.241. The summed E-state index contributed by atoms with van der Waals surface area (Å²) in [6, 6.07) is 9.99. The molecule has 0 atom stereocenters. The van der Waals surface area contributed by atoms with Gasteiger partial charge in [-0.1, -0.05) is 19.9 Å². The number of likely N-dealkylation sites (N-methyl/N-ethyl adjacent to an activating group) is 1. The molecule has 2 aromatic heterocycles. The third-order valence-electron chi connectivity index (χ3n) is 6.88. The number of amides is 2. The number of H-pyrrole nitrogens is 1. The third kappa shape index (κ3) is 5.98. The summed E-state index contributed by atoms with van der Waals surface area (Å²) in [6.07, 6.45) is 2.45. The molecule has 2 aromatic carbocycles. The summed E-state index contributed by atoms with van der Waals surface area (Å²) in [5, 5.41) is 9.82. The molecule has 0 fully saturated rings. The zero-order chi connectivity index (χ0) is 30.0. The first kappa shape index (κ1) is 28.8. The number of aromatic nitrogens is 3. The van der Waals surface area contributed by atoms with Gasteiger partial charge in [-0.25, -0.2) is 4.39 Å². The second-order valence-corrected chi connectivity index (χ2v) is 10.9. The first-order valence-corrected chi connectivity index (χ1v) is 13.8. The summed E-state index contributed by atoms with van der Waals surface area (Å²) in [5.41, 5.74) is 3.10. The minimum atomic E-state index is -0.643. The molecular weight excluding hydrogens is 539 g/mol. The van der Waals surface area contributed by atoms with Gasteiger partial charge in [0.15, 0.2) is 0 Å². The minimum Gasteiger partial charge on any atom is -0.495 e. The van der Waals surface area contributed by atoms with Crippen molar-refractivity contribution < 1.29 is 18.7 Å². The Morgan fingerprint density at radius 3 is 2.69 bits per heavy atom. The fraction of sp³-hybridized carbons (Fsp3) is 0.333. The average molecular weight is 575 g/mol. The first-order valence-electron chi connectivity index (χ1n) is 13.8. The van der Waals surface area contributed by atoms with Gasteiger partial charge in [0, 0.05) is 25.0 Å². The van der Waals surface area contributed by atoms with E-state index in [0.717, 1.165) is 17.7 Å². The largest absolute Gasteiger partial charge is 0.495 e. The summed E-state index contributed by atoms with van der Waals surface area (Å²) in [6.45, 7) is 5.24. The molecule has 0 radical (unpaired) electrons. The van der Waals surface area contributed by atoms with Crippen molar-refractivity contribution in [2.45, 2.75) is 20.3 Å². The number of hydrogen-bond donors (Lipinski definition) is 4. The number of anilines is 5. The number of halogens is 1. The van der Waals surface area contributed by atoms with Gasteiger partial charge in [0.2, 0.25) is 11.9 Å². The van der Waals surface area contributed by atoms with E-state index in [2.05, 4.69) is 30.9 Å². The highest BCUT2D eigenvalue weighted by Gasteiger charge is 2.27. The van der Waals surface area contributed by atoms with Gasteiger partial charge in [-0.2, -0.15) is 9.97 Å². The van der Waals surface area contributed by atoms with Crippen molar-refractivity contribution in [2.75, 3.05) is 56.4 Å². The fourth-order valence-electron chi connectivity index (χ4n) is 4.88. The second kappa shape index (κ2) is 12.0. The lowest BCUT2D eigenvalue weighted by atomic mass is 10.1. The highest BCUT2D eigenvalue weighted by atomic mass is 19.1.